The van der Waals surface area contributed by atoms with E-state index in [4.69, 9.17) is 32.7 Å². The maximum absolute atomic E-state index is 13.1. The van der Waals surface area contributed by atoms with Crippen LogP contribution in [0.15, 0.2) is 60.8 Å². The molecule has 0 fully saturated rings. The van der Waals surface area contributed by atoms with E-state index >= 15 is 0 Å². The van der Waals surface area contributed by atoms with Gasteiger partial charge in [0.25, 0.3) is 0 Å². The minimum Gasteiger partial charge on any atom is -0.467 e. The molecule has 0 spiro atoms. The molecule has 3 rings (SSSR count). The number of halogens is 2. The van der Waals surface area contributed by atoms with E-state index in [-0.39, 0.29) is 12.5 Å². The number of nitrogens with zero attached hydrogens (tertiary/aromatic N) is 2. The van der Waals surface area contributed by atoms with Gasteiger partial charge in [-0.05, 0) is 54.7 Å². The number of rotatable bonds is 11. The molecule has 1 aromatic heterocycles. The highest BCUT2D eigenvalue weighted by Crippen LogP contribution is 2.25. The standard InChI is InChI=1S/C27H31Cl2N3O4/c1-18(2)12-23(25(33)36-17-19-8-6-5-7-9-19)30-27(3,26(34)35-4)24-10-11-32(31-24)16-20-13-21(28)15-22(29)14-20/h5-11,13-15,18,23,30H,12,16-17H2,1-4H3. The fraction of sp³-hybridized carbons (Fsp3) is 0.370. The van der Waals surface area contributed by atoms with Gasteiger partial charge >= 0.3 is 11.9 Å². The summed E-state index contributed by atoms with van der Waals surface area (Å²) in [6.07, 6.45) is 2.21. The molecule has 2 unspecified atom stereocenters. The van der Waals surface area contributed by atoms with Crippen molar-refractivity contribution in [3.63, 3.8) is 0 Å². The molecule has 0 radical (unpaired) electrons. The monoisotopic (exact) mass is 531 g/mol. The van der Waals surface area contributed by atoms with Gasteiger partial charge in [-0.25, -0.2) is 4.79 Å². The lowest BCUT2D eigenvalue weighted by Gasteiger charge is -2.31. The van der Waals surface area contributed by atoms with Crippen LogP contribution in [0.4, 0.5) is 0 Å². The Kier molecular flexibility index (Phi) is 9.54. The van der Waals surface area contributed by atoms with Crippen molar-refractivity contribution >= 4 is 35.1 Å². The van der Waals surface area contributed by atoms with Crippen LogP contribution in [-0.4, -0.2) is 34.9 Å². The molecule has 7 nitrogen and oxygen atoms in total. The molecule has 2 aromatic carbocycles. The Hall–Kier alpha value is -2.87. The van der Waals surface area contributed by atoms with E-state index in [1.807, 2.05) is 44.2 Å². The van der Waals surface area contributed by atoms with Crippen LogP contribution in [0, 0.1) is 5.92 Å². The SMILES string of the molecule is COC(=O)C(C)(NC(CC(C)C)C(=O)OCc1ccccc1)c1ccn(Cc2cc(Cl)cc(Cl)c2)n1. The lowest BCUT2D eigenvalue weighted by Crippen LogP contribution is -2.55. The van der Waals surface area contributed by atoms with Crippen molar-refractivity contribution in [2.75, 3.05) is 7.11 Å². The molecule has 9 heteroatoms. The number of carbonyl (C=O) groups is 2. The topological polar surface area (TPSA) is 82.5 Å². The van der Waals surface area contributed by atoms with E-state index < -0.39 is 23.5 Å². The summed E-state index contributed by atoms with van der Waals surface area (Å²) in [5.41, 5.74) is 0.756. The van der Waals surface area contributed by atoms with E-state index in [1.54, 1.807) is 42.1 Å². The van der Waals surface area contributed by atoms with E-state index in [9.17, 15) is 9.59 Å². The lowest BCUT2D eigenvalue weighted by atomic mass is 9.94. The van der Waals surface area contributed by atoms with Gasteiger partial charge in [0.05, 0.1) is 19.3 Å². The van der Waals surface area contributed by atoms with Gasteiger partial charge < -0.3 is 9.47 Å². The van der Waals surface area contributed by atoms with E-state index in [1.165, 1.54) is 7.11 Å². The quantitative estimate of drug-likeness (QED) is 0.334. The molecule has 0 saturated carbocycles. The Morgan fingerprint density at radius 3 is 2.33 bits per heavy atom. The third kappa shape index (κ3) is 7.32. The predicted molar refractivity (Wildman–Crippen MR) is 140 cm³/mol. The second kappa shape index (κ2) is 12.4. The highest BCUT2D eigenvalue weighted by atomic mass is 35.5. The van der Waals surface area contributed by atoms with Gasteiger partial charge in [0, 0.05) is 16.2 Å². The van der Waals surface area contributed by atoms with Crippen molar-refractivity contribution in [3.05, 3.63) is 87.7 Å². The Bertz CT molecular complexity index is 1160. The van der Waals surface area contributed by atoms with Crippen LogP contribution in [0.3, 0.4) is 0 Å². The normalized spacial score (nSPS) is 13.8. The van der Waals surface area contributed by atoms with Crippen molar-refractivity contribution in [2.45, 2.75) is 51.9 Å². The number of nitrogens with one attached hydrogen (secondary N) is 1. The number of hydrogen-bond donors (Lipinski definition) is 1. The molecular weight excluding hydrogens is 501 g/mol. The number of benzene rings is 2. The number of carbonyl (C=O) groups excluding carboxylic acids is 2. The number of hydrogen-bond acceptors (Lipinski definition) is 6. The lowest BCUT2D eigenvalue weighted by molar-refractivity contribution is -0.153. The maximum Gasteiger partial charge on any atom is 0.332 e. The van der Waals surface area contributed by atoms with E-state index in [0.29, 0.717) is 28.7 Å². The van der Waals surface area contributed by atoms with Crippen LogP contribution in [0.25, 0.3) is 0 Å². The zero-order chi connectivity index (χ0) is 26.3. The average molecular weight is 532 g/mol. The van der Waals surface area contributed by atoms with Crippen LogP contribution >= 0.6 is 23.2 Å². The Morgan fingerprint density at radius 2 is 1.72 bits per heavy atom. The van der Waals surface area contributed by atoms with Gasteiger partial charge in [0.2, 0.25) is 0 Å². The molecule has 0 aliphatic carbocycles. The largest absolute Gasteiger partial charge is 0.467 e. The van der Waals surface area contributed by atoms with E-state index in [0.717, 1.165) is 11.1 Å². The molecule has 192 valence electrons. The molecule has 0 aliphatic heterocycles. The first-order valence-corrected chi connectivity index (χ1v) is 12.4. The van der Waals surface area contributed by atoms with Crippen LogP contribution in [0.5, 0.6) is 0 Å². The summed E-state index contributed by atoms with van der Waals surface area (Å²) in [5, 5.41) is 8.85. The summed E-state index contributed by atoms with van der Waals surface area (Å²) in [4.78, 5) is 26.1. The van der Waals surface area contributed by atoms with E-state index in [2.05, 4.69) is 10.4 Å². The summed E-state index contributed by atoms with van der Waals surface area (Å²) in [5.74, 6) is -0.849. The number of esters is 2. The average Bonchev–Trinajstić information content (AvgIpc) is 3.30. The summed E-state index contributed by atoms with van der Waals surface area (Å²) < 4.78 is 12.4. The first-order valence-electron chi connectivity index (χ1n) is 11.7. The number of ether oxygens (including phenoxy) is 2. The maximum atomic E-state index is 13.1. The summed E-state index contributed by atoms with van der Waals surface area (Å²) >= 11 is 12.2. The molecule has 1 N–H and O–H groups in total. The highest BCUT2D eigenvalue weighted by Gasteiger charge is 2.42. The van der Waals surface area contributed by atoms with Crippen LogP contribution in [0.2, 0.25) is 10.0 Å². The third-order valence-corrected chi connectivity index (χ3v) is 6.13. The Labute approximate surface area is 221 Å². The van der Waals surface area contributed by atoms with Crippen LogP contribution in [-0.2, 0) is 37.8 Å². The van der Waals surface area contributed by atoms with Crippen molar-refractivity contribution < 1.29 is 19.1 Å². The van der Waals surface area contributed by atoms with Gasteiger partial charge in [-0.2, -0.15) is 5.10 Å². The zero-order valence-electron chi connectivity index (χ0n) is 20.8. The smallest absolute Gasteiger partial charge is 0.332 e. The molecule has 36 heavy (non-hydrogen) atoms. The molecule has 2 atom stereocenters. The highest BCUT2D eigenvalue weighted by molar-refractivity contribution is 6.34. The summed E-state index contributed by atoms with van der Waals surface area (Å²) in [6.45, 7) is 6.19. The van der Waals surface area contributed by atoms with Crippen molar-refractivity contribution in [1.29, 1.82) is 0 Å². The first-order chi connectivity index (χ1) is 17.1. The van der Waals surface area contributed by atoms with Crippen molar-refractivity contribution in [2.24, 2.45) is 5.92 Å². The number of aromatic nitrogens is 2. The van der Waals surface area contributed by atoms with Gasteiger partial charge in [0.15, 0.2) is 5.54 Å². The van der Waals surface area contributed by atoms with Crippen molar-refractivity contribution in [3.8, 4) is 0 Å². The van der Waals surface area contributed by atoms with Gasteiger partial charge in [-0.15, -0.1) is 0 Å². The zero-order valence-corrected chi connectivity index (χ0v) is 22.3. The second-order valence-corrected chi connectivity index (χ2v) is 10.1. The van der Waals surface area contributed by atoms with Crippen molar-refractivity contribution in [1.82, 2.24) is 15.1 Å². The van der Waals surface area contributed by atoms with Gasteiger partial charge in [0.1, 0.15) is 12.6 Å². The Morgan fingerprint density at radius 1 is 1.06 bits per heavy atom. The fourth-order valence-electron chi connectivity index (χ4n) is 3.91. The van der Waals surface area contributed by atoms with Crippen LogP contribution in [0.1, 0.15) is 44.0 Å². The molecular formula is C27H31Cl2N3O4. The molecule has 0 saturated heterocycles. The molecule has 1 heterocycles. The Balaban J connectivity index is 1.83. The summed E-state index contributed by atoms with van der Waals surface area (Å²) in [7, 11) is 1.30. The number of methoxy groups -OCH3 is 1. The third-order valence-electron chi connectivity index (χ3n) is 5.69. The molecule has 3 aromatic rings. The fourth-order valence-corrected chi connectivity index (χ4v) is 4.48. The summed E-state index contributed by atoms with van der Waals surface area (Å²) in [6, 6.07) is 15.7. The minimum atomic E-state index is -1.39. The first kappa shape index (κ1) is 27.7. The predicted octanol–water partition coefficient (Wildman–Crippen LogP) is 5.37. The second-order valence-electron chi connectivity index (χ2n) is 9.21. The van der Waals surface area contributed by atoms with Crippen LogP contribution < -0.4 is 5.32 Å². The van der Waals surface area contributed by atoms with Gasteiger partial charge in [-0.1, -0.05) is 67.4 Å². The molecule has 0 aliphatic rings. The molecule has 0 bridgehead atoms. The minimum absolute atomic E-state index is 0.141. The molecule has 0 amide bonds. The van der Waals surface area contributed by atoms with Gasteiger partial charge in [-0.3, -0.25) is 14.8 Å².